The lowest BCUT2D eigenvalue weighted by Crippen LogP contribution is -2.48. The molecule has 0 saturated carbocycles. The minimum Gasteiger partial charge on any atom is -0.496 e. The van der Waals surface area contributed by atoms with Crippen molar-refractivity contribution in [3.05, 3.63) is 29.3 Å². The van der Waals surface area contributed by atoms with Crippen molar-refractivity contribution in [1.29, 1.82) is 0 Å². The van der Waals surface area contributed by atoms with Crippen LogP contribution >= 0.6 is 0 Å². The Bertz CT molecular complexity index is 532. The molecule has 0 aliphatic carbocycles. The van der Waals surface area contributed by atoms with E-state index in [4.69, 9.17) is 4.74 Å². The van der Waals surface area contributed by atoms with Crippen molar-refractivity contribution >= 4 is 5.91 Å². The fourth-order valence-corrected chi connectivity index (χ4v) is 3.69. The van der Waals surface area contributed by atoms with Gasteiger partial charge in [-0.2, -0.15) is 0 Å². The smallest absolute Gasteiger partial charge is 0.257 e. The summed E-state index contributed by atoms with van der Waals surface area (Å²) in [4.78, 5) is 14.8. The van der Waals surface area contributed by atoms with E-state index >= 15 is 0 Å². The van der Waals surface area contributed by atoms with Crippen molar-refractivity contribution in [3.8, 4) is 5.75 Å². The van der Waals surface area contributed by atoms with Crippen LogP contribution in [0.25, 0.3) is 0 Å². The molecule has 2 aliphatic heterocycles. The molecule has 21 heavy (non-hydrogen) atoms. The van der Waals surface area contributed by atoms with Gasteiger partial charge in [0.05, 0.1) is 12.7 Å². The lowest BCUT2D eigenvalue weighted by molar-refractivity contribution is 0.0678. The summed E-state index contributed by atoms with van der Waals surface area (Å²) in [5.41, 5.74) is 1.75. The molecular weight excluding hydrogens is 264 g/mol. The van der Waals surface area contributed by atoms with E-state index in [-0.39, 0.29) is 5.91 Å². The Morgan fingerprint density at radius 3 is 2.57 bits per heavy atom. The molecule has 2 unspecified atom stereocenters. The fraction of sp³-hybridized carbons (Fsp3) is 0.588. The maximum Gasteiger partial charge on any atom is 0.257 e. The molecular formula is C17H24N2O2. The van der Waals surface area contributed by atoms with Crippen molar-refractivity contribution in [2.24, 2.45) is 0 Å². The number of aryl methyl sites for hydroxylation is 1. The Kier molecular flexibility index (Phi) is 3.89. The van der Waals surface area contributed by atoms with Crippen LogP contribution in [0.1, 0.15) is 41.6 Å². The number of ether oxygens (including phenoxy) is 1. The number of rotatable bonds is 3. The number of nitrogens with one attached hydrogen (secondary N) is 1. The first-order valence-corrected chi connectivity index (χ1v) is 7.76. The van der Waals surface area contributed by atoms with Gasteiger partial charge < -0.3 is 15.0 Å². The van der Waals surface area contributed by atoms with Crippen LogP contribution < -0.4 is 10.1 Å². The number of methoxy groups -OCH3 is 1. The molecule has 1 aromatic carbocycles. The Morgan fingerprint density at radius 1 is 1.29 bits per heavy atom. The minimum absolute atomic E-state index is 0.0712. The van der Waals surface area contributed by atoms with Gasteiger partial charge in [-0.15, -0.1) is 0 Å². The molecule has 0 aromatic heterocycles. The van der Waals surface area contributed by atoms with Crippen LogP contribution in [0.15, 0.2) is 18.2 Å². The molecule has 4 nitrogen and oxygen atoms in total. The molecule has 0 radical (unpaired) electrons. The first-order valence-electron chi connectivity index (χ1n) is 7.76. The van der Waals surface area contributed by atoms with Gasteiger partial charge in [0.1, 0.15) is 5.75 Å². The average molecular weight is 288 g/mol. The van der Waals surface area contributed by atoms with Crippen molar-refractivity contribution in [3.63, 3.8) is 0 Å². The quantitative estimate of drug-likeness (QED) is 0.928. The van der Waals surface area contributed by atoms with Gasteiger partial charge in [-0.1, -0.05) is 11.6 Å². The highest BCUT2D eigenvalue weighted by molar-refractivity contribution is 5.97. The van der Waals surface area contributed by atoms with Crippen molar-refractivity contribution in [1.82, 2.24) is 10.2 Å². The summed E-state index contributed by atoms with van der Waals surface area (Å²) >= 11 is 0. The molecule has 114 valence electrons. The summed E-state index contributed by atoms with van der Waals surface area (Å²) in [6.45, 7) is 2.00. The highest BCUT2D eigenvalue weighted by atomic mass is 16.5. The second-order valence-corrected chi connectivity index (χ2v) is 6.38. The second kappa shape index (κ2) is 5.68. The zero-order valence-corrected chi connectivity index (χ0v) is 13.1. The van der Waals surface area contributed by atoms with Gasteiger partial charge in [0.2, 0.25) is 0 Å². The molecule has 3 rings (SSSR count). The summed E-state index contributed by atoms with van der Waals surface area (Å²) in [6.07, 6.45) is 4.62. The van der Waals surface area contributed by atoms with Gasteiger partial charge in [-0.3, -0.25) is 4.79 Å². The highest BCUT2D eigenvalue weighted by Crippen LogP contribution is 2.31. The number of carbonyl (C=O) groups is 1. The van der Waals surface area contributed by atoms with Crippen LogP contribution in [0.5, 0.6) is 5.75 Å². The van der Waals surface area contributed by atoms with E-state index in [9.17, 15) is 4.79 Å². The number of carbonyl (C=O) groups excluding carboxylic acids is 1. The predicted octanol–water partition coefficient (Wildman–Crippen LogP) is 2.36. The summed E-state index contributed by atoms with van der Waals surface area (Å²) < 4.78 is 5.35. The van der Waals surface area contributed by atoms with E-state index in [1.54, 1.807) is 7.11 Å². The maximum absolute atomic E-state index is 12.8. The molecule has 2 atom stereocenters. The van der Waals surface area contributed by atoms with Crippen LogP contribution in [0.3, 0.4) is 0 Å². The monoisotopic (exact) mass is 288 g/mol. The number of benzene rings is 1. The van der Waals surface area contributed by atoms with Crippen LogP contribution in [-0.4, -0.2) is 43.1 Å². The minimum atomic E-state index is 0.0712. The van der Waals surface area contributed by atoms with E-state index in [1.807, 2.05) is 37.1 Å². The summed E-state index contributed by atoms with van der Waals surface area (Å²) in [5.74, 6) is 0.733. The van der Waals surface area contributed by atoms with Crippen molar-refractivity contribution in [2.45, 2.75) is 50.7 Å². The molecule has 1 amide bonds. The Morgan fingerprint density at radius 2 is 1.95 bits per heavy atom. The van der Waals surface area contributed by atoms with E-state index in [1.165, 1.54) is 12.8 Å². The summed E-state index contributed by atoms with van der Waals surface area (Å²) in [7, 11) is 3.55. The first-order chi connectivity index (χ1) is 10.1. The lowest BCUT2D eigenvalue weighted by atomic mass is 9.97. The van der Waals surface area contributed by atoms with Gasteiger partial charge in [-0.25, -0.2) is 0 Å². The van der Waals surface area contributed by atoms with Gasteiger partial charge in [-0.05, 0) is 44.7 Å². The van der Waals surface area contributed by atoms with Crippen LogP contribution in [0.2, 0.25) is 0 Å². The topological polar surface area (TPSA) is 41.6 Å². The van der Waals surface area contributed by atoms with Crippen LogP contribution in [0.4, 0.5) is 0 Å². The molecule has 2 bridgehead atoms. The number of piperidine rings is 1. The van der Waals surface area contributed by atoms with E-state index < -0.39 is 0 Å². The number of hydrogen-bond donors (Lipinski definition) is 1. The zero-order valence-electron chi connectivity index (χ0n) is 13.1. The molecule has 0 spiro atoms. The van der Waals surface area contributed by atoms with Crippen LogP contribution in [0, 0.1) is 6.92 Å². The first kappa shape index (κ1) is 14.4. The third kappa shape index (κ3) is 2.77. The lowest BCUT2D eigenvalue weighted by Gasteiger charge is -2.35. The zero-order chi connectivity index (χ0) is 15.0. The third-order valence-electron chi connectivity index (χ3n) is 4.90. The molecule has 1 aromatic rings. The Labute approximate surface area is 126 Å². The Hall–Kier alpha value is -1.55. The fourth-order valence-electron chi connectivity index (χ4n) is 3.69. The SMILES string of the molecule is COc1ccc(C)cc1C(=O)N(C)C1CC2CCC(C1)N2. The largest absolute Gasteiger partial charge is 0.496 e. The molecule has 2 heterocycles. The summed E-state index contributed by atoms with van der Waals surface area (Å²) in [6, 6.07) is 7.28. The van der Waals surface area contributed by atoms with Crippen molar-refractivity contribution in [2.75, 3.05) is 14.2 Å². The summed E-state index contributed by atoms with van der Waals surface area (Å²) in [5, 5.41) is 3.62. The number of fused-ring (bicyclic) bond motifs is 2. The Balaban J connectivity index is 1.80. The predicted molar refractivity (Wildman–Crippen MR) is 82.8 cm³/mol. The van der Waals surface area contributed by atoms with Gasteiger partial charge in [0.15, 0.2) is 0 Å². The number of hydrogen-bond acceptors (Lipinski definition) is 3. The maximum atomic E-state index is 12.8. The molecule has 1 N–H and O–H groups in total. The average Bonchev–Trinajstić information content (AvgIpc) is 2.84. The normalized spacial score (nSPS) is 27.5. The molecule has 2 saturated heterocycles. The molecule has 4 heteroatoms. The van der Waals surface area contributed by atoms with Crippen molar-refractivity contribution < 1.29 is 9.53 Å². The standard InChI is InChI=1S/C17H24N2O2/c1-11-4-7-16(21-3)15(8-11)17(20)19(2)14-9-12-5-6-13(10-14)18-12/h4,7-8,12-14,18H,5-6,9-10H2,1-3H3. The van der Waals surface area contributed by atoms with E-state index in [0.717, 1.165) is 18.4 Å². The number of nitrogens with zero attached hydrogens (tertiary/aromatic N) is 1. The van der Waals surface area contributed by atoms with Crippen LogP contribution in [-0.2, 0) is 0 Å². The van der Waals surface area contributed by atoms with Gasteiger partial charge in [0, 0.05) is 25.2 Å². The third-order valence-corrected chi connectivity index (χ3v) is 4.90. The highest BCUT2D eigenvalue weighted by Gasteiger charge is 2.36. The van der Waals surface area contributed by atoms with E-state index in [0.29, 0.717) is 29.4 Å². The second-order valence-electron chi connectivity index (χ2n) is 6.38. The molecule has 2 aliphatic rings. The molecule has 2 fully saturated rings. The number of amides is 1. The van der Waals surface area contributed by atoms with Gasteiger partial charge in [0.25, 0.3) is 5.91 Å². The van der Waals surface area contributed by atoms with E-state index in [2.05, 4.69) is 5.32 Å². The van der Waals surface area contributed by atoms with Gasteiger partial charge >= 0.3 is 0 Å².